The molecule has 13 atom stereocenters. The number of aliphatic hydroxyl groups excluding tert-OH is 3. The van der Waals surface area contributed by atoms with E-state index in [0.717, 1.165) is 25.7 Å². The third-order valence-electron chi connectivity index (χ3n) is 11.8. The molecule has 0 aromatic heterocycles. The van der Waals surface area contributed by atoms with Crippen LogP contribution in [-0.4, -0.2) is 84.9 Å². The molecule has 1 aromatic carbocycles. The van der Waals surface area contributed by atoms with Crippen LogP contribution in [0.5, 0.6) is 0 Å². The second kappa shape index (κ2) is 12.2. The minimum Gasteiger partial charge on any atom is -0.456 e. The SMILES string of the molecule is C=C(C)C12CC(C)C34OC(c5ccccc5)(OC1C3C(O)C(O)(CO)C(O)C1(O)C(OC(=O)C=CC=CCCCCC)C(C)CC14)O2. The molecule has 5 N–H and O–H groups in total. The van der Waals surface area contributed by atoms with Crippen LogP contribution in [0.4, 0.5) is 0 Å². The standard InChI is InChI=1S/C37H50O10/c1-6-7-8-9-10-11-15-18-27(39)44-30-23(4)19-26-35(30,43)32(41)33(42,21-38)29(40)28-31-34(22(2)3)20-24(5)36(26,28)47-37(45-31,46-34)25-16-13-12-14-17-25/h10-18,23-24,26,28-32,38,40-43H,2,6-9,19-21H2,1,3-5H3. The third-order valence-corrected chi connectivity index (χ3v) is 11.8. The lowest BCUT2D eigenvalue weighted by molar-refractivity contribution is -0.446. The van der Waals surface area contributed by atoms with Crippen LogP contribution in [-0.2, 0) is 29.7 Å². The predicted molar refractivity (Wildman–Crippen MR) is 171 cm³/mol. The highest BCUT2D eigenvalue weighted by Gasteiger charge is 2.85. The molecule has 5 aliphatic rings. The van der Waals surface area contributed by atoms with Crippen molar-refractivity contribution in [3.05, 3.63) is 72.4 Å². The normalized spacial score (nSPS) is 46.8. The van der Waals surface area contributed by atoms with Crippen LogP contribution in [0.15, 0.2) is 66.8 Å². The average Bonchev–Trinajstić information content (AvgIpc) is 3.42. The molecular formula is C37H50O10. The summed E-state index contributed by atoms with van der Waals surface area (Å²) in [6.45, 7) is 10.8. The number of carbonyl (C=O) groups excluding carboxylic acids is 1. The molecule has 10 nitrogen and oxygen atoms in total. The van der Waals surface area contributed by atoms with Crippen molar-refractivity contribution in [1.29, 1.82) is 0 Å². The van der Waals surface area contributed by atoms with Gasteiger partial charge in [-0.1, -0.05) is 88.8 Å². The summed E-state index contributed by atoms with van der Waals surface area (Å²) in [5.41, 5.74) is -6.44. The Kier molecular flexibility index (Phi) is 8.92. The maximum absolute atomic E-state index is 13.2. The van der Waals surface area contributed by atoms with Gasteiger partial charge in [0.1, 0.15) is 35.1 Å². The second-order valence-corrected chi connectivity index (χ2v) is 14.6. The van der Waals surface area contributed by atoms with Gasteiger partial charge in [-0.05, 0) is 50.0 Å². The highest BCUT2D eigenvalue weighted by Crippen LogP contribution is 2.72. The van der Waals surface area contributed by atoms with Crippen molar-refractivity contribution < 1.29 is 49.3 Å². The first-order chi connectivity index (χ1) is 22.3. The van der Waals surface area contributed by atoms with E-state index in [1.165, 1.54) is 6.08 Å². The van der Waals surface area contributed by atoms with Crippen molar-refractivity contribution in [2.45, 2.75) is 119 Å². The van der Waals surface area contributed by atoms with Crippen LogP contribution in [0.2, 0.25) is 0 Å². The molecule has 47 heavy (non-hydrogen) atoms. The number of benzene rings is 1. The van der Waals surface area contributed by atoms with Crippen LogP contribution < -0.4 is 0 Å². The van der Waals surface area contributed by atoms with E-state index in [0.29, 0.717) is 17.6 Å². The van der Waals surface area contributed by atoms with Crippen LogP contribution in [0.25, 0.3) is 0 Å². The molecule has 2 saturated heterocycles. The van der Waals surface area contributed by atoms with Gasteiger partial charge in [-0.25, -0.2) is 4.79 Å². The van der Waals surface area contributed by atoms with Crippen molar-refractivity contribution >= 4 is 5.97 Å². The molecule has 0 spiro atoms. The fourth-order valence-corrected chi connectivity index (χ4v) is 9.60. The molecule has 3 aliphatic carbocycles. The summed E-state index contributed by atoms with van der Waals surface area (Å²) < 4.78 is 26.5. The smallest absolute Gasteiger partial charge is 0.331 e. The summed E-state index contributed by atoms with van der Waals surface area (Å²) in [4.78, 5) is 13.2. The van der Waals surface area contributed by atoms with Crippen molar-refractivity contribution in [1.82, 2.24) is 0 Å². The molecule has 0 radical (unpaired) electrons. The Bertz CT molecular complexity index is 1410. The maximum atomic E-state index is 13.2. The molecule has 3 saturated carbocycles. The fourth-order valence-electron chi connectivity index (χ4n) is 9.60. The van der Waals surface area contributed by atoms with Gasteiger partial charge in [0.15, 0.2) is 0 Å². The molecule has 0 amide bonds. The Balaban J connectivity index is 1.45. The van der Waals surface area contributed by atoms with Crippen molar-refractivity contribution in [3.63, 3.8) is 0 Å². The van der Waals surface area contributed by atoms with E-state index in [1.807, 2.05) is 38.1 Å². The topological polar surface area (TPSA) is 155 Å². The zero-order valence-corrected chi connectivity index (χ0v) is 27.7. The number of hydrogen-bond acceptors (Lipinski definition) is 10. The fraction of sp³-hybridized carbons (Fsp3) is 0.649. The number of unbranched alkanes of at least 4 members (excludes halogenated alkanes) is 3. The highest BCUT2D eigenvalue weighted by atomic mass is 16.9. The largest absolute Gasteiger partial charge is 0.456 e. The molecule has 5 fully saturated rings. The number of carbonyl (C=O) groups is 1. The second-order valence-electron chi connectivity index (χ2n) is 14.6. The van der Waals surface area contributed by atoms with Crippen molar-refractivity contribution in [2.24, 2.45) is 23.7 Å². The number of allylic oxidation sites excluding steroid dienone is 3. The first-order valence-electron chi connectivity index (χ1n) is 17.0. The number of fused-ring (bicyclic) bond motifs is 2. The van der Waals surface area contributed by atoms with Crippen molar-refractivity contribution in [3.8, 4) is 0 Å². The van der Waals surface area contributed by atoms with Gasteiger partial charge in [-0.2, -0.15) is 0 Å². The van der Waals surface area contributed by atoms with E-state index in [2.05, 4.69) is 13.5 Å². The van der Waals surface area contributed by atoms with E-state index in [9.17, 15) is 30.3 Å². The number of rotatable bonds is 10. The van der Waals surface area contributed by atoms with E-state index >= 15 is 0 Å². The molecule has 10 heteroatoms. The van der Waals surface area contributed by atoms with Gasteiger partial charge in [0, 0.05) is 23.5 Å². The molecule has 6 rings (SSSR count). The summed E-state index contributed by atoms with van der Waals surface area (Å²) in [7, 11) is 0. The Labute approximate surface area is 276 Å². The zero-order valence-electron chi connectivity index (χ0n) is 27.7. The average molecular weight is 655 g/mol. The van der Waals surface area contributed by atoms with Gasteiger partial charge in [0.25, 0.3) is 0 Å². The summed E-state index contributed by atoms with van der Waals surface area (Å²) in [6, 6.07) is 9.11. The van der Waals surface area contributed by atoms with Crippen molar-refractivity contribution in [2.75, 3.05) is 6.61 Å². The van der Waals surface area contributed by atoms with Gasteiger partial charge >= 0.3 is 11.9 Å². The Hall–Kier alpha value is -2.41. The molecule has 1 aromatic rings. The lowest BCUT2D eigenvalue weighted by Crippen LogP contribution is -2.73. The molecule has 258 valence electrons. The van der Waals surface area contributed by atoms with Gasteiger partial charge < -0.3 is 44.5 Å². The maximum Gasteiger partial charge on any atom is 0.331 e. The van der Waals surface area contributed by atoms with Crippen LogP contribution in [0.1, 0.15) is 71.8 Å². The third kappa shape index (κ3) is 4.78. The van der Waals surface area contributed by atoms with Crippen LogP contribution in [0.3, 0.4) is 0 Å². The highest BCUT2D eigenvalue weighted by molar-refractivity contribution is 5.82. The van der Waals surface area contributed by atoms with E-state index in [-0.39, 0.29) is 6.42 Å². The van der Waals surface area contributed by atoms with Gasteiger partial charge in [-0.3, -0.25) is 0 Å². The minimum absolute atomic E-state index is 0.208. The molecule has 2 aliphatic heterocycles. The minimum atomic E-state index is -2.65. The lowest BCUT2D eigenvalue weighted by atomic mass is 9.53. The molecule has 2 heterocycles. The van der Waals surface area contributed by atoms with E-state index in [4.69, 9.17) is 18.9 Å². The Morgan fingerprint density at radius 1 is 1.11 bits per heavy atom. The van der Waals surface area contributed by atoms with E-state index in [1.54, 1.807) is 31.2 Å². The van der Waals surface area contributed by atoms with Gasteiger partial charge in [-0.15, -0.1) is 0 Å². The number of esters is 1. The Morgan fingerprint density at radius 3 is 2.49 bits per heavy atom. The summed E-state index contributed by atoms with van der Waals surface area (Å²) in [5, 5.41) is 59.8. The lowest BCUT2D eigenvalue weighted by Gasteiger charge is -2.60. The monoisotopic (exact) mass is 654 g/mol. The molecular weight excluding hydrogens is 604 g/mol. The first-order valence-corrected chi connectivity index (χ1v) is 17.0. The summed E-state index contributed by atoms with van der Waals surface area (Å²) in [5.74, 6) is -5.53. The molecule has 13 unspecified atom stereocenters. The number of aliphatic hydroxyl groups is 5. The van der Waals surface area contributed by atoms with E-state index < -0.39 is 89.0 Å². The summed E-state index contributed by atoms with van der Waals surface area (Å²) >= 11 is 0. The van der Waals surface area contributed by atoms with Gasteiger partial charge in [0.2, 0.25) is 0 Å². The van der Waals surface area contributed by atoms with Crippen LogP contribution >= 0.6 is 0 Å². The predicted octanol–water partition coefficient (Wildman–Crippen LogP) is 3.40. The van der Waals surface area contributed by atoms with Crippen LogP contribution in [0, 0.1) is 23.7 Å². The quantitative estimate of drug-likeness (QED) is 0.0834. The van der Waals surface area contributed by atoms with Gasteiger partial charge in [0.05, 0.1) is 18.3 Å². The Morgan fingerprint density at radius 2 is 1.83 bits per heavy atom. The molecule has 3 bridgehead atoms. The number of ether oxygens (including phenoxy) is 4. The summed E-state index contributed by atoms with van der Waals surface area (Å²) in [6.07, 6.45) is 5.06. The zero-order chi connectivity index (χ0) is 34.0. The number of hydrogen-bond donors (Lipinski definition) is 5. The first kappa shape index (κ1) is 34.5.